The summed E-state index contributed by atoms with van der Waals surface area (Å²) < 4.78 is 11.4. The molecule has 0 N–H and O–H groups in total. The molecule has 2 fully saturated rings. The van der Waals surface area contributed by atoms with Gasteiger partial charge in [0.1, 0.15) is 17.1 Å². The molecule has 2 aromatic rings. The molecule has 2 aliphatic rings. The highest BCUT2D eigenvalue weighted by Gasteiger charge is 2.58. The highest BCUT2D eigenvalue weighted by molar-refractivity contribution is 5.37. The van der Waals surface area contributed by atoms with Gasteiger partial charge in [0.2, 0.25) is 0 Å². The van der Waals surface area contributed by atoms with Gasteiger partial charge in [0.15, 0.2) is 0 Å². The Labute approximate surface area is 123 Å². The summed E-state index contributed by atoms with van der Waals surface area (Å²) in [6.07, 6.45) is 4.22. The smallest absolute Gasteiger partial charge is 0.145 e. The lowest BCUT2D eigenvalue weighted by Crippen LogP contribution is -2.13. The number of pyridine rings is 1. The van der Waals surface area contributed by atoms with Crippen LogP contribution in [0.1, 0.15) is 24.1 Å². The normalized spacial score (nSPS) is 23.4. The van der Waals surface area contributed by atoms with Crippen LogP contribution < -0.4 is 4.74 Å². The molecule has 0 spiro atoms. The highest BCUT2D eigenvalue weighted by Crippen LogP contribution is 2.55. The third-order valence-electron chi connectivity index (χ3n) is 4.08. The van der Waals surface area contributed by atoms with E-state index in [1.165, 1.54) is 12.8 Å². The fourth-order valence-electron chi connectivity index (χ4n) is 2.64. The Morgan fingerprint density at radius 1 is 1.14 bits per heavy atom. The van der Waals surface area contributed by atoms with Crippen LogP contribution in [-0.4, -0.2) is 11.6 Å². The molecule has 4 rings (SSSR count). The number of hydrogen-bond donors (Lipinski definition) is 0. The SMILES string of the molecule is N#Cc1ccc(Oc2ccc(C3(C4CC4)CO3)nc2)cc1. The van der Waals surface area contributed by atoms with Gasteiger partial charge in [-0.15, -0.1) is 0 Å². The summed E-state index contributed by atoms with van der Waals surface area (Å²) in [5.41, 5.74) is 1.53. The minimum Gasteiger partial charge on any atom is -0.456 e. The van der Waals surface area contributed by atoms with Gasteiger partial charge < -0.3 is 9.47 Å². The van der Waals surface area contributed by atoms with Crippen molar-refractivity contribution in [1.82, 2.24) is 4.98 Å². The lowest BCUT2D eigenvalue weighted by atomic mass is 10.0. The molecule has 1 unspecified atom stereocenters. The van der Waals surface area contributed by atoms with Crippen LogP contribution in [-0.2, 0) is 10.3 Å². The average molecular weight is 278 g/mol. The van der Waals surface area contributed by atoms with Crippen molar-refractivity contribution < 1.29 is 9.47 Å². The van der Waals surface area contributed by atoms with Crippen LogP contribution in [0.5, 0.6) is 11.5 Å². The van der Waals surface area contributed by atoms with Crippen molar-refractivity contribution in [1.29, 1.82) is 5.26 Å². The van der Waals surface area contributed by atoms with Crippen LogP contribution in [0, 0.1) is 17.2 Å². The summed E-state index contributed by atoms with van der Waals surface area (Å²) in [5.74, 6) is 2.04. The van der Waals surface area contributed by atoms with Gasteiger partial charge in [-0.2, -0.15) is 5.26 Å². The largest absolute Gasteiger partial charge is 0.456 e. The predicted molar refractivity (Wildman–Crippen MR) is 75.8 cm³/mol. The molecule has 1 saturated heterocycles. The molecular formula is C17H14N2O2. The Kier molecular flexibility index (Phi) is 2.69. The van der Waals surface area contributed by atoms with E-state index < -0.39 is 0 Å². The van der Waals surface area contributed by atoms with E-state index >= 15 is 0 Å². The summed E-state index contributed by atoms with van der Waals surface area (Å²) in [6, 6.07) is 13.0. The molecule has 1 aliphatic heterocycles. The van der Waals surface area contributed by atoms with Gasteiger partial charge in [-0.05, 0) is 55.2 Å². The third kappa shape index (κ3) is 2.26. The van der Waals surface area contributed by atoms with Crippen molar-refractivity contribution in [2.24, 2.45) is 5.92 Å². The summed E-state index contributed by atoms with van der Waals surface area (Å²) in [7, 11) is 0. The van der Waals surface area contributed by atoms with Crippen LogP contribution in [0.3, 0.4) is 0 Å². The molecule has 4 heteroatoms. The van der Waals surface area contributed by atoms with Crippen LogP contribution in [0.4, 0.5) is 0 Å². The van der Waals surface area contributed by atoms with E-state index in [-0.39, 0.29) is 5.60 Å². The van der Waals surface area contributed by atoms with E-state index in [2.05, 4.69) is 11.1 Å². The Bertz CT molecular complexity index is 693. The van der Waals surface area contributed by atoms with Crippen molar-refractivity contribution in [3.63, 3.8) is 0 Å². The minimum atomic E-state index is -0.104. The summed E-state index contributed by atoms with van der Waals surface area (Å²) >= 11 is 0. The molecule has 4 nitrogen and oxygen atoms in total. The minimum absolute atomic E-state index is 0.104. The van der Waals surface area contributed by atoms with Gasteiger partial charge in [0.25, 0.3) is 0 Å². The Morgan fingerprint density at radius 2 is 1.86 bits per heavy atom. The highest BCUT2D eigenvalue weighted by atomic mass is 16.6. The van der Waals surface area contributed by atoms with E-state index in [1.807, 2.05) is 12.1 Å². The first-order valence-corrected chi connectivity index (χ1v) is 7.09. The average Bonchev–Trinajstić information content (AvgIpc) is 3.40. The zero-order valence-electron chi connectivity index (χ0n) is 11.5. The van der Waals surface area contributed by atoms with Crippen molar-refractivity contribution in [2.45, 2.75) is 18.4 Å². The molecule has 1 aromatic carbocycles. The molecule has 1 saturated carbocycles. The van der Waals surface area contributed by atoms with Crippen LogP contribution in [0.25, 0.3) is 0 Å². The van der Waals surface area contributed by atoms with Gasteiger partial charge >= 0.3 is 0 Å². The predicted octanol–water partition coefficient (Wildman–Crippen LogP) is 3.38. The number of rotatable bonds is 4. The van der Waals surface area contributed by atoms with Gasteiger partial charge in [-0.1, -0.05) is 0 Å². The second-order valence-corrected chi connectivity index (χ2v) is 5.57. The summed E-state index contributed by atoms with van der Waals surface area (Å²) in [6.45, 7) is 0.792. The first-order chi connectivity index (χ1) is 10.3. The van der Waals surface area contributed by atoms with Crippen molar-refractivity contribution in [3.8, 4) is 17.6 Å². The molecule has 104 valence electrons. The van der Waals surface area contributed by atoms with Gasteiger partial charge in [-0.3, -0.25) is 4.98 Å². The quantitative estimate of drug-likeness (QED) is 0.804. The molecule has 21 heavy (non-hydrogen) atoms. The molecule has 0 radical (unpaired) electrons. The molecule has 1 aromatic heterocycles. The van der Waals surface area contributed by atoms with Crippen LogP contribution in [0.2, 0.25) is 0 Å². The van der Waals surface area contributed by atoms with Crippen LogP contribution in [0.15, 0.2) is 42.6 Å². The second kappa shape index (κ2) is 4.57. The summed E-state index contributed by atoms with van der Waals surface area (Å²) in [4.78, 5) is 4.50. The maximum absolute atomic E-state index is 8.77. The second-order valence-electron chi connectivity index (χ2n) is 5.57. The maximum Gasteiger partial charge on any atom is 0.145 e. The van der Waals surface area contributed by atoms with E-state index in [0.717, 1.165) is 12.3 Å². The zero-order chi connectivity index (χ0) is 14.3. The maximum atomic E-state index is 8.77. The van der Waals surface area contributed by atoms with Gasteiger partial charge in [-0.25, -0.2) is 0 Å². The number of aromatic nitrogens is 1. The van der Waals surface area contributed by atoms with Gasteiger partial charge in [0.05, 0.1) is 30.1 Å². The first-order valence-electron chi connectivity index (χ1n) is 7.09. The number of epoxide rings is 1. The number of nitrogens with zero attached hydrogens (tertiary/aromatic N) is 2. The topological polar surface area (TPSA) is 58.4 Å². The lowest BCUT2D eigenvalue weighted by molar-refractivity contribution is 0.272. The number of nitriles is 1. The molecule has 1 atom stereocenters. The lowest BCUT2D eigenvalue weighted by Gasteiger charge is -2.11. The van der Waals surface area contributed by atoms with Crippen molar-refractivity contribution >= 4 is 0 Å². The molecular weight excluding hydrogens is 264 g/mol. The van der Waals surface area contributed by atoms with E-state index in [9.17, 15) is 0 Å². The van der Waals surface area contributed by atoms with E-state index in [4.69, 9.17) is 14.7 Å². The standard InChI is InChI=1S/C17H14N2O2/c18-9-12-1-5-14(6-2-12)21-15-7-8-16(19-10-15)17(11-20-17)13-3-4-13/h1-2,5-8,10,13H,3-4,11H2. The fraction of sp³-hybridized carbons (Fsp3) is 0.294. The van der Waals surface area contributed by atoms with E-state index in [0.29, 0.717) is 23.0 Å². The Balaban J connectivity index is 1.50. The molecule has 2 heterocycles. The van der Waals surface area contributed by atoms with Crippen molar-refractivity contribution in [3.05, 3.63) is 53.9 Å². The fourth-order valence-corrected chi connectivity index (χ4v) is 2.64. The molecule has 0 amide bonds. The van der Waals surface area contributed by atoms with Crippen molar-refractivity contribution in [2.75, 3.05) is 6.61 Å². The first kappa shape index (κ1) is 12.4. The Morgan fingerprint density at radius 3 is 2.38 bits per heavy atom. The van der Waals surface area contributed by atoms with E-state index in [1.54, 1.807) is 30.5 Å². The third-order valence-corrected chi connectivity index (χ3v) is 4.08. The van der Waals surface area contributed by atoms with Gasteiger partial charge in [0, 0.05) is 0 Å². The zero-order valence-corrected chi connectivity index (χ0v) is 11.5. The monoisotopic (exact) mass is 278 g/mol. The molecule has 1 aliphatic carbocycles. The number of hydrogen-bond acceptors (Lipinski definition) is 4. The summed E-state index contributed by atoms with van der Waals surface area (Å²) in [5, 5.41) is 8.77. The molecule has 0 bridgehead atoms. The number of benzene rings is 1. The Hall–Kier alpha value is -2.38. The number of ether oxygens (including phenoxy) is 2. The van der Waals surface area contributed by atoms with Crippen LogP contribution >= 0.6 is 0 Å².